The van der Waals surface area contributed by atoms with E-state index in [1.807, 2.05) is 43.3 Å². The van der Waals surface area contributed by atoms with Gasteiger partial charge in [0.15, 0.2) is 0 Å². The molecule has 4 heteroatoms. The zero-order chi connectivity index (χ0) is 12.1. The minimum atomic E-state index is -0.761. The molecule has 0 unspecified atom stereocenters. The van der Waals surface area contributed by atoms with Crippen LogP contribution in [0.3, 0.4) is 0 Å². The maximum atomic E-state index is 10.1. The average molecular weight is 283 g/mol. The normalized spacial score (nSPS) is 14.5. The number of halogens is 1. The maximum absolute atomic E-state index is 10.1. The Labute approximate surface area is 104 Å². The van der Waals surface area contributed by atoms with Crippen LogP contribution in [-0.4, -0.2) is 30.6 Å². The highest BCUT2D eigenvalue weighted by Gasteiger charge is 2.22. The van der Waals surface area contributed by atoms with E-state index in [1.165, 1.54) is 0 Å². The maximum Gasteiger partial charge on any atom is 0.0971 e. The third-order valence-corrected chi connectivity index (χ3v) is 3.05. The summed E-state index contributed by atoms with van der Waals surface area (Å²) in [6.07, 6.45) is -0.761. The van der Waals surface area contributed by atoms with Crippen LogP contribution >= 0.6 is 15.9 Å². The van der Waals surface area contributed by atoms with Crippen LogP contribution in [0.2, 0.25) is 0 Å². The lowest BCUT2D eigenvalue weighted by atomic mass is 9.96. The minimum Gasteiger partial charge on any atom is -0.387 e. The van der Waals surface area contributed by atoms with Crippen LogP contribution in [0.4, 0.5) is 0 Å². The second kappa shape index (κ2) is 6.00. The Kier molecular flexibility index (Phi) is 4.94. The summed E-state index contributed by atoms with van der Waals surface area (Å²) in [7, 11) is 3.77. The largest absolute Gasteiger partial charge is 0.387 e. The fourth-order valence-electron chi connectivity index (χ4n) is 1.54. The first-order chi connectivity index (χ1) is 7.56. The molecule has 0 aromatic heterocycles. The molecule has 0 aliphatic heterocycles. The fraction of sp³-hybridized carbons (Fsp3) is 0.417. The smallest absolute Gasteiger partial charge is 0.0971 e. The van der Waals surface area contributed by atoms with Gasteiger partial charge in [0, 0.05) is 11.0 Å². The Morgan fingerprint density at radius 3 is 2.56 bits per heavy atom. The standard InChI is InChI=1S/C12H15BrN2O/c1-15(2)8-9(7-14)12(16)10-5-3-4-6-11(10)13/h3-6,9,12,16H,8H2,1-2H3/t9-,12-/m1/s1. The number of benzene rings is 1. The summed E-state index contributed by atoms with van der Waals surface area (Å²) in [6, 6.07) is 9.58. The second-order valence-electron chi connectivity index (χ2n) is 3.96. The van der Waals surface area contributed by atoms with E-state index in [0.717, 1.165) is 10.0 Å². The molecular weight excluding hydrogens is 268 g/mol. The molecular formula is C12H15BrN2O. The lowest BCUT2D eigenvalue weighted by molar-refractivity contribution is 0.117. The van der Waals surface area contributed by atoms with Gasteiger partial charge in [-0.15, -0.1) is 0 Å². The molecule has 0 aliphatic carbocycles. The Hall–Kier alpha value is -0.890. The topological polar surface area (TPSA) is 47.3 Å². The summed E-state index contributed by atoms with van der Waals surface area (Å²) in [4.78, 5) is 1.90. The summed E-state index contributed by atoms with van der Waals surface area (Å²) in [6.45, 7) is 0.541. The summed E-state index contributed by atoms with van der Waals surface area (Å²) in [5.74, 6) is -0.423. The molecule has 0 fully saturated rings. The third kappa shape index (κ3) is 3.31. The van der Waals surface area contributed by atoms with Crippen molar-refractivity contribution in [1.82, 2.24) is 4.90 Å². The number of hydrogen-bond donors (Lipinski definition) is 1. The van der Waals surface area contributed by atoms with Gasteiger partial charge in [-0.1, -0.05) is 34.1 Å². The van der Waals surface area contributed by atoms with Gasteiger partial charge in [-0.2, -0.15) is 5.26 Å². The van der Waals surface area contributed by atoms with Crippen molar-refractivity contribution in [2.24, 2.45) is 5.92 Å². The fourth-order valence-corrected chi connectivity index (χ4v) is 2.06. The first-order valence-corrected chi connectivity index (χ1v) is 5.82. The van der Waals surface area contributed by atoms with Gasteiger partial charge in [0.2, 0.25) is 0 Å². The summed E-state index contributed by atoms with van der Waals surface area (Å²) < 4.78 is 0.835. The molecule has 2 atom stereocenters. The van der Waals surface area contributed by atoms with E-state index in [1.54, 1.807) is 0 Å². The van der Waals surface area contributed by atoms with Crippen molar-refractivity contribution in [3.63, 3.8) is 0 Å². The molecule has 1 rings (SSSR count). The highest BCUT2D eigenvalue weighted by molar-refractivity contribution is 9.10. The van der Waals surface area contributed by atoms with Crippen molar-refractivity contribution in [3.8, 4) is 6.07 Å². The quantitative estimate of drug-likeness (QED) is 0.921. The Morgan fingerprint density at radius 2 is 2.06 bits per heavy atom. The molecule has 0 amide bonds. The molecule has 0 aliphatic rings. The third-order valence-electron chi connectivity index (χ3n) is 2.33. The number of aliphatic hydroxyl groups excluding tert-OH is 1. The molecule has 0 radical (unpaired) electrons. The van der Waals surface area contributed by atoms with Crippen molar-refractivity contribution in [1.29, 1.82) is 5.26 Å². The molecule has 0 saturated carbocycles. The van der Waals surface area contributed by atoms with Gasteiger partial charge in [-0.05, 0) is 25.7 Å². The van der Waals surface area contributed by atoms with Crippen molar-refractivity contribution in [3.05, 3.63) is 34.3 Å². The number of nitrogens with zero attached hydrogens (tertiary/aromatic N) is 2. The van der Waals surface area contributed by atoms with Gasteiger partial charge in [0.05, 0.1) is 18.1 Å². The van der Waals surface area contributed by atoms with Gasteiger partial charge in [0.1, 0.15) is 0 Å². The van der Waals surface area contributed by atoms with Crippen LogP contribution in [0, 0.1) is 17.2 Å². The number of nitriles is 1. The Bertz CT molecular complexity index is 387. The second-order valence-corrected chi connectivity index (χ2v) is 4.82. The molecule has 3 nitrogen and oxygen atoms in total. The number of aliphatic hydroxyl groups is 1. The number of rotatable bonds is 4. The molecule has 0 heterocycles. The van der Waals surface area contributed by atoms with Crippen molar-refractivity contribution in [2.45, 2.75) is 6.10 Å². The van der Waals surface area contributed by atoms with Crippen LogP contribution in [0.1, 0.15) is 11.7 Å². The van der Waals surface area contributed by atoms with E-state index >= 15 is 0 Å². The molecule has 86 valence electrons. The zero-order valence-corrected chi connectivity index (χ0v) is 11.0. The average Bonchev–Trinajstić information content (AvgIpc) is 2.25. The molecule has 0 spiro atoms. The molecule has 16 heavy (non-hydrogen) atoms. The van der Waals surface area contributed by atoms with E-state index in [4.69, 9.17) is 5.26 Å². The Balaban J connectivity index is 2.88. The lowest BCUT2D eigenvalue weighted by Gasteiger charge is -2.21. The number of hydrogen-bond acceptors (Lipinski definition) is 3. The summed E-state index contributed by atoms with van der Waals surface area (Å²) in [5, 5.41) is 19.2. The molecule has 1 aromatic carbocycles. The predicted octanol–water partition coefficient (Wildman–Crippen LogP) is 2.18. The van der Waals surface area contributed by atoms with E-state index in [9.17, 15) is 5.11 Å². The van der Waals surface area contributed by atoms with Gasteiger partial charge >= 0.3 is 0 Å². The van der Waals surface area contributed by atoms with E-state index < -0.39 is 12.0 Å². The van der Waals surface area contributed by atoms with Crippen LogP contribution in [-0.2, 0) is 0 Å². The van der Waals surface area contributed by atoms with Crippen LogP contribution in [0.25, 0.3) is 0 Å². The minimum absolute atomic E-state index is 0.423. The lowest BCUT2D eigenvalue weighted by Crippen LogP contribution is -2.25. The zero-order valence-electron chi connectivity index (χ0n) is 9.39. The summed E-state index contributed by atoms with van der Waals surface area (Å²) in [5.41, 5.74) is 0.760. The molecule has 1 N–H and O–H groups in total. The van der Waals surface area contributed by atoms with Gasteiger partial charge in [0.25, 0.3) is 0 Å². The van der Waals surface area contributed by atoms with E-state index in [-0.39, 0.29) is 0 Å². The van der Waals surface area contributed by atoms with Crippen LogP contribution in [0.15, 0.2) is 28.7 Å². The highest BCUT2D eigenvalue weighted by Crippen LogP contribution is 2.28. The van der Waals surface area contributed by atoms with Crippen molar-refractivity contribution in [2.75, 3.05) is 20.6 Å². The van der Waals surface area contributed by atoms with Crippen molar-refractivity contribution < 1.29 is 5.11 Å². The molecule has 0 saturated heterocycles. The summed E-state index contributed by atoms with van der Waals surface area (Å²) >= 11 is 3.38. The first kappa shape index (κ1) is 13.2. The first-order valence-electron chi connectivity index (χ1n) is 5.03. The van der Waals surface area contributed by atoms with E-state index in [2.05, 4.69) is 22.0 Å². The van der Waals surface area contributed by atoms with E-state index in [0.29, 0.717) is 6.54 Å². The van der Waals surface area contributed by atoms with Gasteiger partial charge in [-0.25, -0.2) is 0 Å². The van der Waals surface area contributed by atoms with Gasteiger partial charge in [-0.3, -0.25) is 0 Å². The SMILES string of the molecule is CN(C)C[C@@H](C#N)[C@@H](O)c1ccccc1Br. The van der Waals surface area contributed by atoms with Crippen LogP contribution in [0.5, 0.6) is 0 Å². The highest BCUT2D eigenvalue weighted by atomic mass is 79.9. The van der Waals surface area contributed by atoms with Gasteiger partial charge < -0.3 is 10.0 Å². The van der Waals surface area contributed by atoms with Crippen LogP contribution < -0.4 is 0 Å². The van der Waals surface area contributed by atoms with Crippen molar-refractivity contribution >= 4 is 15.9 Å². The predicted molar refractivity (Wildman–Crippen MR) is 66.8 cm³/mol. The molecule has 1 aromatic rings. The Morgan fingerprint density at radius 1 is 1.44 bits per heavy atom. The monoisotopic (exact) mass is 282 g/mol. The molecule has 0 bridgehead atoms.